The number of hydrogen-bond donors (Lipinski definition) is 0. The summed E-state index contributed by atoms with van der Waals surface area (Å²) < 4.78 is 0. The van der Waals surface area contributed by atoms with E-state index < -0.39 is 0 Å². The van der Waals surface area contributed by atoms with E-state index in [1.165, 1.54) is 0 Å². The van der Waals surface area contributed by atoms with E-state index >= 15 is 0 Å². The Kier molecular flexibility index (Phi) is 2.74. The van der Waals surface area contributed by atoms with Crippen molar-refractivity contribution < 1.29 is 4.79 Å². The number of amides is 1. The highest BCUT2D eigenvalue weighted by atomic mass is 16.2. The summed E-state index contributed by atoms with van der Waals surface area (Å²) in [4.78, 5) is 26.5. The van der Waals surface area contributed by atoms with E-state index in [1.807, 2.05) is 19.1 Å². The fourth-order valence-corrected chi connectivity index (χ4v) is 2.29. The minimum atomic E-state index is 0.0998. The van der Waals surface area contributed by atoms with Gasteiger partial charge in [0.05, 0.1) is 0 Å². The Labute approximate surface area is 111 Å². The highest BCUT2D eigenvalue weighted by Gasteiger charge is 2.25. The molecule has 0 atom stereocenters. The predicted octanol–water partition coefficient (Wildman–Crippen LogP) is 1.76. The van der Waals surface area contributed by atoms with Gasteiger partial charge < -0.3 is 0 Å². The molecule has 2 aromatic heterocycles. The minimum absolute atomic E-state index is 0.0998. The van der Waals surface area contributed by atoms with Gasteiger partial charge in [0.2, 0.25) is 5.91 Å². The van der Waals surface area contributed by atoms with Crippen molar-refractivity contribution in [3.05, 3.63) is 35.8 Å². The first-order chi connectivity index (χ1) is 9.16. The maximum atomic E-state index is 11.8. The lowest BCUT2D eigenvalue weighted by Crippen LogP contribution is -2.32. The molecular formula is C14H14N4O. The number of anilines is 1. The third kappa shape index (κ3) is 1.97. The number of nitrogens with zero attached hydrogens (tertiary/aromatic N) is 4. The molecule has 0 aromatic carbocycles. The second-order valence-corrected chi connectivity index (χ2v) is 4.63. The summed E-state index contributed by atoms with van der Waals surface area (Å²) in [5, 5.41) is 0. The van der Waals surface area contributed by atoms with Crippen LogP contribution in [-0.4, -0.2) is 27.9 Å². The second-order valence-electron chi connectivity index (χ2n) is 4.63. The van der Waals surface area contributed by atoms with Gasteiger partial charge in [-0.1, -0.05) is 0 Å². The van der Waals surface area contributed by atoms with Crippen LogP contribution < -0.4 is 4.90 Å². The summed E-state index contributed by atoms with van der Waals surface area (Å²) in [6, 6.07) is 3.77. The predicted molar refractivity (Wildman–Crippen MR) is 71.7 cm³/mol. The number of carbonyl (C=O) groups is 1. The van der Waals surface area contributed by atoms with Gasteiger partial charge in [-0.25, -0.2) is 9.97 Å². The Morgan fingerprint density at radius 3 is 2.84 bits per heavy atom. The summed E-state index contributed by atoms with van der Waals surface area (Å²) in [5.41, 5.74) is 2.86. The fourth-order valence-electron chi connectivity index (χ4n) is 2.29. The molecule has 3 heterocycles. The van der Waals surface area contributed by atoms with Crippen LogP contribution in [0.5, 0.6) is 0 Å². The molecule has 0 spiro atoms. The topological polar surface area (TPSA) is 59.0 Å². The molecule has 0 aliphatic carbocycles. The van der Waals surface area contributed by atoms with Gasteiger partial charge in [0.15, 0.2) is 5.82 Å². The van der Waals surface area contributed by atoms with Gasteiger partial charge in [-0.05, 0) is 25.5 Å². The van der Waals surface area contributed by atoms with Crippen LogP contribution in [0, 0.1) is 6.92 Å². The van der Waals surface area contributed by atoms with Crippen LogP contribution in [0.4, 0.5) is 5.82 Å². The SMILES string of the molecule is Cc1nc(-c2cccnc2)nc2c1CCC(=O)N2C. The number of carbonyl (C=O) groups excluding carboxylic acids is 1. The van der Waals surface area contributed by atoms with Gasteiger partial charge in [0.25, 0.3) is 0 Å². The van der Waals surface area contributed by atoms with Gasteiger partial charge in [-0.15, -0.1) is 0 Å². The number of aromatic nitrogens is 3. The molecule has 3 rings (SSSR count). The van der Waals surface area contributed by atoms with E-state index in [-0.39, 0.29) is 5.91 Å². The fraction of sp³-hybridized carbons (Fsp3) is 0.286. The molecule has 0 bridgehead atoms. The van der Waals surface area contributed by atoms with E-state index in [0.717, 1.165) is 29.1 Å². The van der Waals surface area contributed by atoms with Gasteiger partial charge >= 0.3 is 0 Å². The Balaban J connectivity index is 2.16. The van der Waals surface area contributed by atoms with E-state index in [2.05, 4.69) is 15.0 Å². The summed E-state index contributed by atoms with van der Waals surface area (Å²) in [6.07, 6.45) is 4.69. The number of fused-ring (bicyclic) bond motifs is 1. The summed E-state index contributed by atoms with van der Waals surface area (Å²) in [7, 11) is 1.76. The molecule has 96 valence electrons. The Bertz CT molecular complexity index is 639. The number of rotatable bonds is 1. The summed E-state index contributed by atoms with van der Waals surface area (Å²) in [5.74, 6) is 1.44. The van der Waals surface area contributed by atoms with Crippen LogP contribution >= 0.6 is 0 Å². The number of hydrogen-bond acceptors (Lipinski definition) is 4. The van der Waals surface area contributed by atoms with Gasteiger partial charge in [0.1, 0.15) is 5.82 Å². The lowest BCUT2D eigenvalue weighted by Gasteiger charge is -2.25. The van der Waals surface area contributed by atoms with E-state index in [1.54, 1.807) is 24.3 Å². The Morgan fingerprint density at radius 2 is 2.11 bits per heavy atom. The zero-order chi connectivity index (χ0) is 13.4. The molecule has 1 amide bonds. The maximum Gasteiger partial charge on any atom is 0.228 e. The van der Waals surface area contributed by atoms with Crippen molar-refractivity contribution in [1.82, 2.24) is 15.0 Å². The standard InChI is InChI=1S/C14H14N4O/c1-9-11-5-6-12(19)18(2)14(11)17-13(16-9)10-4-3-7-15-8-10/h3-4,7-8H,5-6H2,1-2H3. The highest BCUT2D eigenvalue weighted by Crippen LogP contribution is 2.28. The van der Waals surface area contributed by atoms with Crippen molar-refractivity contribution in [1.29, 1.82) is 0 Å². The van der Waals surface area contributed by atoms with Crippen LogP contribution in [0.3, 0.4) is 0 Å². The van der Waals surface area contributed by atoms with Crippen molar-refractivity contribution in [2.75, 3.05) is 11.9 Å². The van der Waals surface area contributed by atoms with Crippen molar-refractivity contribution in [2.24, 2.45) is 0 Å². The molecule has 0 saturated carbocycles. The zero-order valence-corrected chi connectivity index (χ0v) is 10.9. The molecule has 1 aliphatic rings. The molecule has 0 fully saturated rings. The van der Waals surface area contributed by atoms with Crippen molar-refractivity contribution in [2.45, 2.75) is 19.8 Å². The Hall–Kier alpha value is -2.30. The molecule has 5 heteroatoms. The Morgan fingerprint density at radius 1 is 1.26 bits per heavy atom. The second kappa shape index (κ2) is 4.42. The van der Waals surface area contributed by atoms with Crippen LogP contribution in [0.2, 0.25) is 0 Å². The van der Waals surface area contributed by atoms with Crippen LogP contribution in [0.1, 0.15) is 17.7 Å². The lowest BCUT2D eigenvalue weighted by molar-refractivity contribution is -0.118. The highest BCUT2D eigenvalue weighted by molar-refractivity contribution is 5.95. The number of aryl methyl sites for hydroxylation is 1. The normalized spacial score (nSPS) is 14.4. The van der Waals surface area contributed by atoms with Crippen LogP contribution in [0.15, 0.2) is 24.5 Å². The van der Waals surface area contributed by atoms with E-state index in [4.69, 9.17) is 0 Å². The molecule has 0 N–H and O–H groups in total. The largest absolute Gasteiger partial charge is 0.300 e. The van der Waals surface area contributed by atoms with Gasteiger partial charge in [-0.3, -0.25) is 14.7 Å². The zero-order valence-electron chi connectivity index (χ0n) is 10.9. The van der Waals surface area contributed by atoms with Gasteiger partial charge in [0, 0.05) is 42.7 Å². The first-order valence-corrected chi connectivity index (χ1v) is 6.21. The third-order valence-corrected chi connectivity index (χ3v) is 3.39. The molecule has 0 unspecified atom stereocenters. The average molecular weight is 254 g/mol. The lowest BCUT2D eigenvalue weighted by atomic mass is 10.0. The quantitative estimate of drug-likeness (QED) is 0.778. The molecule has 0 radical (unpaired) electrons. The molecule has 1 aliphatic heterocycles. The van der Waals surface area contributed by atoms with Crippen molar-refractivity contribution in [3.8, 4) is 11.4 Å². The minimum Gasteiger partial charge on any atom is -0.300 e. The first-order valence-electron chi connectivity index (χ1n) is 6.21. The molecular weight excluding hydrogens is 240 g/mol. The molecule has 5 nitrogen and oxygen atoms in total. The maximum absolute atomic E-state index is 11.8. The first kappa shape index (κ1) is 11.8. The molecule has 2 aromatic rings. The average Bonchev–Trinajstić information content (AvgIpc) is 2.44. The molecule has 19 heavy (non-hydrogen) atoms. The van der Waals surface area contributed by atoms with Crippen LogP contribution in [0.25, 0.3) is 11.4 Å². The third-order valence-electron chi connectivity index (χ3n) is 3.39. The van der Waals surface area contributed by atoms with Crippen molar-refractivity contribution in [3.63, 3.8) is 0 Å². The summed E-state index contributed by atoms with van der Waals surface area (Å²) in [6.45, 7) is 1.96. The monoisotopic (exact) mass is 254 g/mol. The van der Waals surface area contributed by atoms with Crippen LogP contribution in [-0.2, 0) is 11.2 Å². The van der Waals surface area contributed by atoms with E-state index in [9.17, 15) is 4.79 Å². The summed E-state index contributed by atoms with van der Waals surface area (Å²) >= 11 is 0. The molecule has 0 saturated heterocycles. The van der Waals surface area contributed by atoms with E-state index in [0.29, 0.717) is 12.2 Å². The van der Waals surface area contributed by atoms with Crippen molar-refractivity contribution >= 4 is 11.7 Å². The number of pyridine rings is 1. The van der Waals surface area contributed by atoms with Gasteiger partial charge in [-0.2, -0.15) is 0 Å². The smallest absolute Gasteiger partial charge is 0.228 e.